The zero-order chi connectivity index (χ0) is 33.4. The van der Waals surface area contributed by atoms with Crippen LogP contribution in [0.25, 0.3) is 11.0 Å². The van der Waals surface area contributed by atoms with E-state index < -0.39 is 17.7 Å². The topological polar surface area (TPSA) is 162 Å². The lowest BCUT2D eigenvalue weighted by molar-refractivity contribution is -0.116. The molecular weight excluding hydrogens is 590 g/mol. The van der Waals surface area contributed by atoms with Gasteiger partial charge in [0, 0.05) is 24.8 Å². The smallest absolute Gasteiger partial charge is 0.404 e. The molecule has 45 heavy (non-hydrogen) atoms. The minimum Gasteiger partial charge on any atom is -0.454 e. The number of unbranched alkanes of at least 4 members (excludes halogenated alkanes) is 1. The monoisotopic (exact) mass is 626 g/mol. The summed E-state index contributed by atoms with van der Waals surface area (Å²) in [5, 5.41) is 2.63. The average Bonchev–Trinajstić information content (AvgIpc) is 3.38. The lowest BCUT2D eigenvalue weighted by atomic mass is 10.2. The van der Waals surface area contributed by atoms with Crippen molar-refractivity contribution in [2.75, 3.05) is 33.6 Å². The molecule has 0 fully saturated rings. The van der Waals surface area contributed by atoms with E-state index in [9.17, 15) is 28.0 Å². The van der Waals surface area contributed by atoms with Crippen molar-refractivity contribution in [1.29, 1.82) is 0 Å². The van der Waals surface area contributed by atoms with E-state index in [-0.39, 0.29) is 35.9 Å². The number of rotatable bonds is 10. The number of aromatic nitrogens is 3. The maximum absolute atomic E-state index is 13.9. The molecule has 0 atom stereocenters. The van der Waals surface area contributed by atoms with Gasteiger partial charge in [-0.15, -0.1) is 0 Å². The first kappa shape index (κ1) is 35.8. The van der Waals surface area contributed by atoms with Crippen LogP contribution in [-0.2, 0) is 20.9 Å². The van der Waals surface area contributed by atoms with Crippen molar-refractivity contribution in [3.63, 3.8) is 0 Å². The first-order valence-corrected chi connectivity index (χ1v) is 13.6. The second kappa shape index (κ2) is 18.3. The summed E-state index contributed by atoms with van der Waals surface area (Å²) in [5.41, 5.74) is 5.41. The first-order valence-electron chi connectivity index (χ1n) is 13.6. The number of halogens is 2. The van der Waals surface area contributed by atoms with E-state index in [2.05, 4.69) is 25.8 Å². The van der Waals surface area contributed by atoms with Gasteiger partial charge in [-0.05, 0) is 76.5 Å². The van der Waals surface area contributed by atoms with Crippen LogP contribution in [0.1, 0.15) is 25.1 Å². The predicted octanol–water partition coefficient (Wildman–Crippen LogP) is 4.60. The Morgan fingerprint density at radius 1 is 1.13 bits per heavy atom. The summed E-state index contributed by atoms with van der Waals surface area (Å²) < 4.78 is 37.8. The van der Waals surface area contributed by atoms with Gasteiger partial charge in [0.15, 0.2) is 11.6 Å². The summed E-state index contributed by atoms with van der Waals surface area (Å²) in [4.78, 5) is 54.2. The Morgan fingerprint density at radius 3 is 2.49 bits per heavy atom. The average molecular weight is 627 g/mol. The van der Waals surface area contributed by atoms with Crippen LogP contribution in [0.4, 0.5) is 19.3 Å². The summed E-state index contributed by atoms with van der Waals surface area (Å²) in [6.07, 6.45) is 5.93. The minimum atomic E-state index is -0.818. The Labute approximate surface area is 258 Å². The number of amides is 2. The summed E-state index contributed by atoms with van der Waals surface area (Å²) in [6, 6.07) is 11.1. The highest BCUT2D eigenvalue weighted by molar-refractivity contribution is 5.90. The number of aromatic amines is 1. The zero-order valence-electron chi connectivity index (χ0n) is 25.4. The summed E-state index contributed by atoms with van der Waals surface area (Å²) >= 11 is 0. The number of nitrogens with one attached hydrogen (secondary N) is 2. The molecule has 0 saturated carbocycles. The molecule has 240 valence electrons. The van der Waals surface area contributed by atoms with Crippen LogP contribution in [-0.4, -0.2) is 66.0 Å². The number of primary amides is 1. The van der Waals surface area contributed by atoms with Gasteiger partial charge in [0.25, 0.3) is 5.56 Å². The number of H-pyrrole nitrogens is 1. The van der Waals surface area contributed by atoms with Gasteiger partial charge in [0.2, 0.25) is 5.91 Å². The van der Waals surface area contributed by atoms with Crippen LogP contribution in [0, 0.1) is 11.6 Å². The SMILES string of the molecule is CN(C)C.COC(N)=O.O=C/C=C/CCCC(=O)Nc1cccn(Cc2nc3ccc(Oc4ccc(F)cc4F)cc3[nH]2)c1=O. The van der Waals surface area contributed by atoms with Crippen LogP contribution in [0.2, 0.25) is 0 Å². The summed E-state index contributed by atoms with van der Waals surface area (Å²) in [7, 11) is 7.22. The Hall–Kier alpha value is -5.37. The van der Waals surface area contributed by atoms with E-state index in [0.717, 1.165) is 12.1 Å². The second-order valence-corrected chi connectivity index (χ2v) is 9.76. The van der Waals surface area contributed by atoms with Crippen molar-refractivity contribution in [2.45, 2.75) is 25.8 Å². The molecule has 0 radical (unpaired) electrons. The van der Waals surface area contributed by atoms with Crippen LogP contribution < -0.4 is 21.3 Å². The van der Waals surface area contributed by atoms with Crippen molar-refractivity contribution in [2.24, 2.45) is 5.73 Å². The van der Waals surface area contributed by atoms with Crippen molar-refractivity contribution >= 4 is 35.0 Å². The largest absolute Gasteiger partial charge is 0.454 e. The molecule has 0 aliphatic heterocycles. The van der Waals surface area contributed by atoms with Crippen LogP contribution in [0.3, 0.4) is 0 Å². The van der Waals surface area contributed by atoms with Crippen molar-refractivity contribution < 1.29 is 32.6 Å². The molecule has 0 spiro atoms. The molecule has 0 unspecified atom stereocenters. The Bertz CT molecular complexity index is 1670. The number of nitrogens with two attached hydrogens (primary N) is 1. The molecule has 4 aromatic rings. The number of pyridine rings is 1. The number of hydrogen-bond acceptors (Lipinski definition) is 8. The van der Waals surface area contributed by atoms with E-state index in [1.165, 1.54) is 29.9 Å². The van der Waals surface area contributed by atoms with Crippen LogP contribution in [0.15, 0.2) is 71.7 Å². The molecule has 2 aromatic carbocycles. The molecule has 0 aliphatic carbocycles. The summed E-state index contributed by atoms with van der Waals surface area (Å²) in [5.74, 6) is -1.11. The van der Waals surface area contributed by atoms with E-state index in [1.807, 2.05) is 26.0 Å². The number of benzene rings is 2. The number of ether oxygens (including phenoxy) is 2. The van der Waals surface area contributed by atoms with Gasteiger partial charge >= 0.3 is 6.09 Å². The molecule has 2 aromatic heterocycles. The zero-order valence-corrected chi connectivity index (χ0v) is 25.4. The standard InChI is InChI=1S/C26H22F2N4O4.C3H9N.C2H5NO2/c27-17-8-11-23(19(28)14-17)36-18-9-10-20-22(15-18)30-24(29-20)16-32-12-5-6-21(26(32)35)31-25(34)7-3-1-2-4-13-33;1-4(2)3;1-5-2(3)4/h2,4-6,8-15H,1,3,7,16H2,(H,29,30)(H,31,34);1-3H3;1H3,(H2,3,4)/b4-2+;;. The van der Waals surface area contributed by atoms with Gasteiger partial charge in [0.1, 0.15) is 29.4 Å². The number of methoxy groups -OCH3 is 1. The Morgan fingerprint density at radius 2 is 1.84 bits per heavy atom. The molecule has 0 aliphatic rings. The summed E-state index contributed by atoms with van der Waals surface area (Å²) in [6.45, 7) is 0.122. The first-order chi connectivity index (χ1) is 21.4. The number of carbonyl (C=O) groups is 3. The van der Waals surface area contributed by atoms with Crippen molar-refractivity contribution in [3.05, 3.63) is 94.7 Å². The molecular formula is C31H36F2N6O6. The van der Waals surface area contributed by atoms with Crippen molar-refractivity contribution in [3.8, 4) is 11.5 Å². The Kier molecular flexibility index (Phi) is 14.6. The molecule has 12 nitrogen and oxygen atoms in total. The molecule has 4 N–H and O–H groups in total. The van der Waals surface area contributed by atoms with Gasteiger partial charge in [-0.3, -0.25) is 14.4 Å². The van der Waals surface area contributed by atoms with Gasteiger partial charge in [-0.2, -0.15) is 0 Å². The highest BCUT2D eigenvalue weighted by Crippen LogP contribution is 2.27. The molecule has 0 bridgehead atoms. The van der Waals surface area contributed by atoms with Crippen molar-refractivity contribution in [1.82, 2.24) is 19.4 Å². The van der Waals surface area contributed by atoms with E-state index in [1.54, 1.807) is 36.5 Å². The number of nitrogens with zero attached hydrogens (tertiary/aromatic N) is 3. The predicted molar refractivity (Wildman–Crippen MR) is 166 cm³/mol. The number of aldehydes is 1. The molecule has 4 rings (SSSR count). The van der Waals surface area contributed by atoms with Crippen LogP contribution >= 0.6 is 0 Å². The fraction of sp³-hybridized carbons (Fsp3) is 0.258. The number of hydrogen-bond donors (Lipinski definition) is 3. The minimum absolute atomic E-state index is 0.113. The number of fused-ring (bicyclic) bond motifs is 1. The van der Waals surface area contributed by atoms with E-state index >= 15 is 0 Å². The number of anilines is 1. The van der Waals surface area contributed by atoms with E-state index in [0.29, 0.717) is 41.7 Å². The molecule has 14 heteroatoms. The van der Waals surface area contributed by atoms with Crippen LogP contribution in [0.5, 0.6) is 11.5 Å². The lowest BCUT2D eigenvalue weighted by Gasteiger charge is -2.08. The second-order valence-electron chi connectivity index (χ2n) is 9.76. The fourth-order valence-corrected chi connectivity index (χ4v) is 3.53. The molecule has 2 amide bonds. The van der Waals surface area contributed by atoms with Gasteiger partial charge < -0.3 is 35.0 Å². The highest BCUT2D eigenvalue weighted by atomic mass is 19.1. The quantitative estimate of drug-likeness (QED) is 0.131. The normalized spacial score (nSPS) is 10.5. The lowest BCUT2D eigenvalue weighted by Crippen LogP contribution is -2.26. The van der Waals surface area contributed by atoms with E-state index in [4.69, 9.17) is 4.74 Å². The third-order valence-corrected chi connectivity index (χ3v) is 5.43. The fourth-order valence-electron chi connectivity index (χ4n) is 3.53. The van der Waals surface area contributed by atoms with Gasteiger partial charge in [-0.25, -0.2) is 18.6 Å². The van der Waals surface area contributed by atoms with Gasteiger partial charge in [0.05, 0.1) is 24.7 Å². The van der Waals surface area contributed by atoms with Gasteiger partial charge in [-0.1, -0.05) is 6.08 Å². The number of allylic oxidation sites excluding steroid dienone is 2. The highest BCUT2D eigenvalue weighted by Gasteiger charge is 2.11. The Balaban J connectivity index is 0.000000691. The molecule has 2 heterocycles. The number of imidazole rings is 1. The molecule has 0 saturated heterocycles. The maximum Gasteiger partial charge on any atom is 0.404 e. The number of carbonyl (C=O) groups excluding carboxylic acids is 3. The maximum atomic E-state index is 13.9. The third-order valence-electron chi connectivity index (χ3n) is 5.43. The third kappa shape index (κ3) is 12.8.